The van der Waals surface area contributed by atoms with E-state index in [1.807, 2.05) is 0 Å². The summed E-state index contributed by atoms with van der Waals surface area (Å²) in [5.41, 5.74) is 6.77. The molecular formula is C20H25N. The van der Waals surface area contributed by atoms with E-state index < -0.39 is 0 Å². The van der Waals surface area contributed by atoms with Gasteiger partial charge in [0.1, 0.15) is 0 Å². The Balaban J connectivity index is 2.83. The van der Waals surface area contributed by atoms with Gasteiger partial charge in [0, 0.05) is 6.08 Å². The normalized spacial score (nSPS) is 18.2. The second kappa shape index (κ2) is 5.19. The first-order chi connectivity index (χ1) is 9.68. The molecule has 0 N–H and O–H groups in total. The first kappa shape index (κ1) is 15.6. The number of hydrogen-bond acceptors (Lipinski definition) is 1. The summed E-state index contributed by atoms with van der Waals surface area (Å²) in [7, 11) is 0. The van der Waals surface area contributed by atoms with Gasteiger partial charge < -0.3 is 0 Å². The summed E-state index contributed by atoms with van der Waals surface area (Å²) in [4.78, 5) is 0. The molecule has 0 saturated heterocycles. The summed E-state index contributed by atoms with van der Waals surface area (Å²) in [5, 5.41) is 9.03. The van der Waals surface area contributed by atoms with Crippen molar-refractivity contribution in [2.75, 3.05) is 0 Å². The largest absolute Gasteiger partial charge is 0.193 e. The molecule has 0 amide bonds. The Hall–Kier alpha value is -1.81. The molecule has 0 saturated carbocycles. The highest BCUT2D eigenvalue weighted by atomic mass is 14.4. The highest BCUT2D eigenvalue weighted by molar-refractivity contribution is 5.80. The Morgan fingerprint density at radius 3 is 2.43 bits per heavy atom. The second-order valence-electron chi connectivity index (χ2n) is 7.67. The average Bonchev–Trinajstić information content (AvgIpc) is 2.36. The van der Waals surface area contributed by atoms with Gasteiger partial charge in [-0.3, -0.25) is 0 Å². The molecule has 21 heavy (non-hydrogen) atoms. The van der Waals surface area contributed by atoms with Gasteiger partial charge in [-0.25, -0.2) is 0 Å². The minimum atomic E-state index is 0.0620. The summed E-state index contributed by atoms with van der Waals surface area (Å²) < 4.78 is 0. The van der Waals surface area contributed by atoms with E-state index in [4.69, 9.17) is 5.26 Å². The lowest BCUT2D eigenvalue weighted by atomic mass is 9.64. The van der Waals surface area contributed by atoms with Crippen LogP contribution in [0, 0.1) is 16.7 Å². The molecule has 0 aromatic heterocycles. The number of nitriles is 1. The molecule has 2 rings (SSSR count). The predicted molar refractivity (Wildman–Crippen MR) is 89.8 cm³/mol. The number of benzene rings is 1. The van der Waals surface area contributed by atoms with Gasteiger partial charge in [-0.2, -0.15) is 5.26 Å². The maximum absolute atomic E-state index is 9.03. The van der Waals surface area contributed by atoms with Gasteiger partial charge in [-0.05, 0) is 52.0 Å². The number of allylic oxidation sites excluding steroid dienone is 4. The van der Waals surface area contributed by atoms with E-state index in [2.05, 4.69) is 71.9 Å². The van der Waals surface area contributed by atoms with Gasteiger partial charge in [0.2, 0.25) is 0 Å². The van der Waals surface area contributed by atoms with Crippen molar-refractivity contribution < 1.29 is 0 Å². The van der Waals surface area contributed by atoms with Crippen LogP contribution in [-0.4, -0.2) is 0 Å². The molecule has 1 aromatic carbocycles. The molecule has 1 aliphatic carbocycles. The minimum absolute atomic E-state index is 0.0620. The standard InChI is InChI=1S/C20H25N/c1-14(11-12-21)16-13-20(5,6)17-10-8-7-9-15(17)18(16)19(2,3)4/h7-11H,13H2,1-6H3/b14-11+. The first-order valence-corrected chi connectivity index (χ1v) is 7.59. The van der Waals surface area contributed by atoms with Crippen molar-refractivity contribution in [3.05, 3.63) is 52.6 Å². The molecule has 0 spiro atoms. The van der Waals surface area contributed by atoms with Gasteiger partial charge in [0.15, 0.2) is 0 Å². The first-order valence-electron chi connectivity index (χ1n) is 7.59. The predicted octanol–water partition coefficient (Wildman–Crippen LogP) is 5.64. The van der Waals surface area contributed by atoms with Crippen molar-refractivity contribution in [2.45, 2.75) is 53.4 Å². The van der Waals surface area contributed by atoms with Crippen molar-refractivity contribution in [3.8, 4) is 6.07 Å². The van der Waals surface area contributed by atoms with Crippen LogP contribution in [0.15, 0.2) is 41.5 Å². The molecule has 0 bridgehead atoms. The maximum Gasteiger partial charge on any atom is 0.0914 e. The Morgan fingerprint density at radius 2 is 1.86 bits per heavy atom. The van der Waals surface area contributed by atoms with Crippen molar-refractivity contribution in [1.29, 1.82) is 5.26 Å². The Morgan fingerprint density at radius 1 is 1.24 bits per heavy atom. The van der Waals surface area contributed by atoms with Gasteiger partial charge in [0.05, 0.1) is 6.07 Å². The van der Waals surface area contributed by atoms with Crippen LogP contribution in [0.1, 0.15) is 59.1 Å². The molecule has 110 valence electrons. The highest BCUT2D eigenvalue weighted by Crippen LogP contribution is 2.50. The van der Waals surface area contributed by atoms with Gasteiger partial charge in [-0.15, -0.1) is 0 Å². The van der Waals surface area contributed by atoms with E-state index >= 15 is 0 Å². The zero-order chi connectivity index (χ0) is 15.8. The Kier molecular flexibility index (Phi) is 3.85. The lowest BCUT2D eigenvalue weighted by Gasteiger charge is -2.40. The van der Waals surface area contributed by atoms with Crippen molar-refractivity contribution in [1.82, 2.24) is 0 Å². The molecular weight excluding hydrogens is 254 g/mol. The Labute approximate surface area is 129 Å². The molecule has 0 heterocycles. The summed E-state index contributed by atoms with van der Waals surface area (Å²) in [6.45, 7) is 13.4. The summed E-state index contributed by atoms with van der Waals surface area (Å²) in [6, 6.07) is 10.9. The van der Waals surface area contributed by atoms with Crippen molar-refractivity contribution in [3.63, 3.8) is 0 Å². The molecule has 1 heteroatoms. The average molecular weight is 279 g/mol. The summed E-state index contributed by atoms with van der Waals surface area (Å²) in [5.74, 6) is 0. The van der Waals surface area contributed by atoms with E-state index in [0.717, 1.165) is 12.0 Å². The molecule has 1 aliphatic rings. The lowest BCUT2D eigenvalue weighted by molar-refractivity contribution is 0.491. The van der Waals surface area contributed by atoms with Gasteiger partial charge in [-0.1, -0.05) is 58.9 Å². The van der Waals surface area contributed by atoms with Crippen molar-refractivity contribution >= 4 is 5.57 Å². The number of fused-ring (bicyclic) bond motifs is 1. The van der Waals surface area contributed by atoms with Crippen LogP contribution in [0.5, 0.6) is 0 Å². The molecule has 0 unspecified atom stereocenters. The van der Waals surface area contributed by atoms with E-state index in [9.17, 15) is 0 Å². The number of nitrogens with zero attached hydrogens (tertiary/aromatic N) is 1. The fraction of sp³-hybridized carbons (Fsp3) is 0.450. The third kappa shape index (κ3) is 2.81. The highest BCUT2D eigenvalue weighted by Gasteiger charge is 2.36. The van der Waals surface area contributed by atoms with E-state index in [-0.39, 0.29) is 10.8 Å². The smallest absolute Gasteiger partial charge is 0.0914 e. The van der Waals surface area contributed by atoms with Crippen molar-refractivity contribution in [2.24, 2.45) is 5.41 Å². The Bertz CT molecular complexity index is 658. The van der Waals surface area contributed by atoms with Gasteiger partial charge in [0.25, 0.3) is 0 Å². The zero-order valence-corrected chi connectivity index (χ0v) is 14.0. The van der Waals surface area contributed by atoms with Crippen LogP contribution >= 0.6 is 0 Å². The third-order valence-corrected chi connectivity index (χ3v) is 4.35. The lowest BCUT2D eigenvalue weighted by Crippen LogP contribution is -2.28. The second-order valence-corrected chi connectivity index (χ2v) is 7.67. The fourth-order valence-corrected chi connectivity index (χ4v) is 3.46. The van der Waals surface area contributed by atoms with Gasteiger partial charge >= 0.3 is 0 Å². The quantitative estimate of drug-likeness (QED) is 0.610. The van der Waals surface area contributed by atoms with Crippen LogP contribution in [-0.2, 0) is 5.41 Å². The molecule has 0 fully saturated rings. The minimum Gasteiger partial charge on any atom is -0.193 e. The SMILES string of the molecule is C/C(=C\C#N)C1=C(C(C)(C)C)c2ccccc2C(C)(C)C1. The molecule has 0 radical (unpaired) electrons. The van der Waals surface area contributed by atoms with Crippen LogP contribution in [0.3, 0.4) is 0 Å². The summed E-state index contributed by atoms with van der Waals surface area (Å²) >= 11 is 0. The van der Waals surface area contributed by atoms with E-state index in [0.29, 0.717) is 0 Å². The monoisotopic (exact) mass is 279 g/mol. The molecule has 0 aliphatic heterocycles. The number of hydrogen-bond donors (Lipinski definition) is 0. The third-order valence-electron chi connectivity index (χ3n) is 4.35. The molecule has 1 nitrogen and oxygen atoms in total. The van der Waals surface area contributed by atoms with Crippen LogP contribution in [0.4, 0.5) is 0 Å². The van der Waals surface area contributed by atoms with Crippen LogP contribution in [0.2, 0.25) is 0 Å². The molecule has 0 atom stereocenters. The van der Waals surface area contributed by atoms with E-state index in [1.165, 1.54) is 22.3 Å². The molecule has 1 aromatic rings. The maximum atomic E-state index is 9.03. The van der Waals surface area contributed by atoms with Crippen LogP contribution < -0.4 is 0 Å². The summed E-state index contributed by atoms with van der Waals surface area (Å²) in [6.07, 6.45) is 2.67. The zero-order valence-electron chi connectivity index (χ0n) is 14.0. The van der Waals surface area contributed by atoms with Crippen LogP contribution in [0.25, 0.3) is 5.57 Å². The van der Waals surface area contributed by atoms with E-state index in [1.54, 1.807) is 6.08 Å². The fourth-order valence-electron chi connectivity index (χ4n) is 3.46. The topological polar surface area (TPSA) is 23.8 Å². The number of rotatable bonds is 1.